The summed E-state index contributed by atoms with van der Waals surface area (Å²) in [7, 11) is 1.54. The molecule has 3 aromatic heterocycles. The van der Waals surface area contributed by atoms with Crippen molar-refractivity contribution in [2.24, 2.45) is 0 Å². The molecule has 0 saturated carbocycles. The van der Waals surface area contributed by atoms with Crippen molar-refractivity contribution >= 4 is 49.8 Å². The van der Waals surface area contributed by atoms with Crippen LogP contribution in [0.1, 0.15) is 23.0 Å². The maximum absolute atomic E-state index is 15.2. The molecule has 1 amide bonds. The average molecular weight is 515 g/mol. The third-order valence-corrected chi connectivity index (χ3v) is 7.38. The van der Waals surface area contributed by atoms with Gasteiger partial charge >= 0.3 is 5.91 Å². The minimum absolute atomic E-state index is 0.0616. The lowest BCUT2D eigenvalue weighted by Crippen LogP contribution is -2.29. The van der Waals surface area contributed by atoms with Gasteiger partial charge in [-0.05, 0) is 43.3 Å². The van der Waals surface area contributed by atoms with Gasteiger partial charge in [0.2, 0.25) is 0 Å². The van der Waals surface area contributed by atoms with Crippen LogP contribution in [-0.4, -0.2) is 38.3 Å². The highest BCUT2D eigenvalue weighted by Gasteiger charge is 2.49. The van der Waals surface area contributed by atoms with Crippen molar-refractivity contribution in [2.75, 3.05) is 12.0 Å². The lowest BCUT2D eigenvalue weighted by atomic mass is 9.96. The summed E-state index contributed by atoms with van der Waals surface area (Å²) in [4.78, 5) is 37.1. The van der Waals surface area contributed by atoms with Crippen LogP contribution in [0.25, 0.3) is 21.6 Å². The quantitative estimate of drug-likeness (QED) is 0.205. The molecule has 1 unspecified atom stereocenters. The number of fused-ring (bicyclic) bond motifs is 2. The number of ether oxygens (including phenoxy) is 1. The number of pyridine rings is 1. The number of aliphatic hydroxyl groups excluding tert-OH is 1. The molecule has 1 fully saturated rings. The first-order valence-corrected chi connectivity index (χ1v) is 12.1. The number of methoxy groups -OCH3 is 1. The Morgan fingerprint density at radius 2 is 1.86 bits per heavy atom. The van der Waals surface area contributed by atoms with Crippen LogP contribution in [0.4, 0.5) is 9.52 Å². The molecule has 1 saturated heterocycles. The second-order valence-corrected chi connectivity index (χ2v) is 9.50. The van der Waals surface area contributed by atoms with Gasteiger partial charge in [-0.25, -0.2) is 14.4 Å². The summed E-state index contributed by atoms with van der Waals surface area (Å²) in [5.41, 5.74) is 1.68. The first-order chi connectivity index (χ1) is 17.9. The fourth-order valence-electron chi connectivity index (χ4n) is 4.67. The molecule has 8 nitrogen and oxygen atoms in total. The number of imidazole rings is 1. The number of hydrogen-bond acceptors (Lipinski definition) is 7. The topological polar surface area (TPSA) is 97.0 Å². The lowest BCUT2D eigenvalue weighted by Gasteiger charge is -2.23. The molecule has 0 bridgehead atoms. The van der Waals surface area contributed by atoms with Gasteiger partial charge in [0.05, 0.1) is 28.6 Å². The number of hydrogen-bond donors (Lipinski definition) is 1. The summed E-state index contributed by atoms with van der Waals surface area (Å²) in [5, 5.41) is 11.7. The molecule has 10 heteroatoms. The summed E-state index contributed by atoms with van der Waals surface area (Å²) in [6.45, 7) is 1.69. The first-order valence-electron chi connectivity index (χ1n) is 11.3. The fourth-order valence-corrected chi connectivity index (χ4v) is 5.69. The Bertz CT molecular complexity index is 1770. The first kappa shape index (κ1) is 22.9. The number of benzene rings is 2. The SMILES string of the molecule is COc1ccc2nc(N3C(=O)C(=O)/C(=C(/O)c4c(C)nc5ccccn45)C3c3ccccc3F)sc2c1. The smallest absolute Gasteiger partial charge is 0.301 e. The number of rotatable bonds is 4. The van der Waals surface area contributed by atoms with Gasteiger partial charge in [0.1, 0.15) is 28.9 Å². The highest BCUT2D eigenvalue weighted by molar-refractivity contribution is 7.22. The predicted octanol–water partition coefficient (Wildman–Crippen LogP) is 5.03. The van der Waals surface area contributed by atoms with Gasteiger partial charge in [-0.3, -0.25) is 18.9 Å². The number of aryl methyl sites for hydroxylation is 1. The van der Waals surface area contributed by atoms with Gasteiger partial charge in [-0.2, -0.15) is 0 Å². The van der Waals surface area contributed by atoms with E-state index in [1.165, 1.54) is 29.5 Å². The van der Waals surface area contributed by atoms with Crippen LogP contribution in [0.15, 0.2) is 72.4 Å². The van der Waals surface area contributed by atoms with Crippen LogP contribution >= 0.6 is 11.3 Å². The minimum atomic E-state index is -1.24. The largest absolute Gasteiger partial charge is 0.505 e. The van der Waals surface area contributed by atoms with Gasteiger partial charge < -0.3 is 9.84 Å². The van der Waals surface area contributed by atoms with Crippen LogP contribution in [0, 0.1) is 12.7 Å². The molecule has 1 aliphatic rings. The van der Waals surface area contributed by atoms with Crippen molar-refractivity contribution in [3.63, 3.8) is 0 Å². The summed E-state index contributed by atoms with van der Waals surface area (Å²) >= 11 is 1.17. The molecule has 2 aromatic carbocycles. The van der Waals surface area contributed by atoms with E-state index in [0.717, 1.165) is 9.60 Å². The lowest BCUT2D eigenvalue weighted by molar-refractivity contribution is -0.132. The highest BCUT2D eigenvalue weighted by Crippen LogP contribution is 2.45. The second kappa shape index (κ2) is 8.52. The summed E-state index contributed by atoms with van der Waals surface area (Å²) < 4.78 is 22.8. The number of carbonyl (C=O) groups excluding carboxylic acids is 2. The van der Waals surface area contributed by atoms with Crippen LogP contribution in [-0.2, 0) is 9.59 Å². The zero-order valence-corrected chi connectivity index (χ0v) is 20.5. The maximum Gasteiger partial charge on any atom is 0.301 e. The summed E-state index contributed by atoms with van der Waals surface area (Å²) in [5.74, 6) is -2.30. The van der Waals surface area contributed by atoms with Crippen LogP contribution < -0.4 is 9.64 Å². The van der Waals surface area contributed by atoms with Gasteiger partial charge in [-0.1, -0.05) is 35.6 Å². The van der Waals surface area contributed by atoms with E-state index in [9.17, 15) is 14.7 Å². The molecule has 4 heterocycles. The van der Waals surface area contributed by atoms with Gasteiger partial charge in [0, 0.05) is 11.8 Å². The number of thiazole rings is 1. The highest BCUT2D eigenvalue weighted by atomic mass is 32.1. The van der Waals surface area contributed by atoms with E-state index in [0.29, 0.717) is 22.6 Å². The number of halogens is 1. The number of aromatic nitrogens is 3. The van der Waals surface area contributed by atoms with E-state index in [-0.39, 0.29) is 22.0 Å². The molecular weight excluding hydrogens is 495 g/mol. The Labute approximate surface area is 213 Å². The van der Waals surface area contributed by atoms with Crippen molar-refractivity contribution in [3.8, 4) is 5.75 Å². The number of aliphatic hydroxyl groups is 1. The number of nitrogens with zero attached hydrogens (tertiary/aromatic N) is 4. The van der Waals surface area contributed by atoms with Crippen molar-refractivity contribution in [2.45, 2.75) is 13.0 Å². The van der Waals surface area contributed by atoms with Crippen molar-refractivity contribution < 1.29 is 23.8 Å². The number of anilines is 1. The fraction of sp³-hybridized carbons (Fsp3) is 0.111. The average Bonchev–Trinajstić information content (AvgIpc) is 3.54. The molecule has 6 rings (SSSR count). The van der Waals surface area contributed by atoms with Crippen molar-refractivity contribution in [3.05, 3.63) is 95.2 Å². The zero-order chi connectivity index (χ0) is 25.8. The molecule has 0 aliphatic carbocycles. The Hall–Kier alpha value is -4.57. The van der Waals surface area contributed by atoms with E-state index in [2.05, 4.69) is 9.97 Å². The van der Waals surface area contributed by atoms with E-state index in [1.54, 1.807) is 67.1 Å². The van der Waals surface area contributed by atoms with Gasteiger partial charge in [0.15, 0.2) is 10.9 Å². The number of ketones is 1. The summed E-state index contributed by atoms with van der Waals surface area (Å²) in [6, 6.07) is 15.2. The Kier molecular flexibility index (Phi) is 5.27. The van der Waals surface area contributed by atoms with E-state index < -0.39 is 29.3 Å². The van der Waals surface area contributed by atoms with Crippen LogP contribution in [0.3, 0.4) is 0 Å². The van der Waals surface area contributed by atoms with Crippen molar-refractivity contribution in [1.29, 1.82) is 0 Å². The number of carbonyl (C=O) groups is 2. The van der Waals surface area contributed by atoms with Crippen LogP contribution in [0.5, 0.6) is 5.75 Å². The van der Waals surface area contributed by atoms with E-state index in [4.69, 9.17) is 4.74 Å². The zero-order valence-electron chi connectivity index (χ0n) is 19.7. The van der Waals surface area contributed by atoms with Crippen LogP contribution in [0.2, 0.25) is 0 Å². The molecule has 5 aromatic rings. The molecular formula is C27H19FN4O4S. The summed E-state index contributed by atoms with van der Waals surface area (Å²) in [6.07, 6.45) is 1.69. The Balaban J connectivity index is 1.61. The predicted molar refractivity (Wildman–Crippen MR) is 137 cm³/mol. The number of amides is 1. The van der Waals surface area contributed by atoms with Gasteiger partial charge in [-0.15, -0.1) is 0 Å². The normalized spacial score (nSPS) is 17.3. The Morgan fingerprint density at radius 3 is 2.65 bits per heavy atom. The molecule has 0 spiro atoms. The minimum Gasteiger partial charge on any atom is -0.505 e. The van der Waals surface area contributed by atoms with E-state index in [1.807, 2.05) is 0 Å². The Morgan fingerprint density at radius 1 is 1.08 bits per heavy atom. The third kappa shape index (κ3) is 3.48. The molecule has 1 N–H and O–H groups in total. The molecule has 1 aliphatic heterocycles. The second-order valence-electron chi connectivity index (χ2n) is 8.50. The monoisotopic (exact) mass is 514 g/mol. The van der Waals surface area contributed by atoms with E-state index >= 15 is 4.39 Å². The standard InChI is InChI=1S/C27H19FN4O4S/c1-14-22(31-12-6-5-9-20(31)29-14)24(33)21-23(16-7-3-4-8-17(16)28)32(26(35)25(21)34)27-30-18-11-10-15(36-2)13-19(18)37-27/h3-13,23,33H,1-2H3/b24-21+. The molecule has 184 valence electrons. The number of Topliss-reactive ketones (excluding diaryl/α,β-unsaturated/α-hetero) is 1. The van der Waals surface area contributed by atoms with Gasteiger partial charge in [0.25, 0.3) is 5.78 Å². The van der Waals surface area contributed by atoms with Crippen molar-refractivity contribution in [1.82, 2.24) is 14.4 Å². The molecule has 0 radical (unpaired) electrons. The molecule has 1 atom stereocenters. The molecule has 37 heavy (non-hydrogen) atoms. The maximum atomic E-state index is 15.2. The third-order valence-electron chi connectivity index (χ3n) is 6.36.